The number of nitrogens with one attached hydrogen (secondary N) is 1. The summed E-state index contributed by atoms with van der Waals surface area (Å²) in [5.74, 6) is 4.57. The molecule has 0 saturated carbocycles. The van der Waals surface area contributed by atoms with E-state index in [1.807, 2.05) is 0 Å². The number of hydrogen-bond acceptors (Lipinski definition) is 3. The fraction of sp³-hybridized carbons (Fsp3) is 0.438. The molecule has 5 heteroatoms. The summed E-state index contributed by atoms with van der Waals surface area (Å²) in [6.45, 7) is 3.53. The molecule has 0 unspecified atom stereocenters. The third-order valence-corrected chi connectivity index (χ3v) is 2.85. The van der Waals surface area contributed by atoms with Gasteiger partial charge in [-0.25, -0.2) is 4.39 Å². The molecule has 0 aromatic heterocycles. The van der Waals surface area contributed by atoms with Crippen LogP contribution in [-0.4, -0.2) is 30.3 Å². The maximum atomic E-state index is 13.9. The Bertz CT molecular complexity index is 558. The zero-order valence-electron chi connectivity index (χ0n) is 12.5. The van der Waals surface area contributed by atoms with Gasteiger partial charge in [0, 0.05) is 19.1 Å². The van der Waals surface area contributed by atoms with Crippen LogP contribution < -0.4 is 5.32 Å². The van der Waals surface area contributed by atoms with E-state index in [0.29, 0.717) is 12.0 Å². The number of benzene rings is 1. The molecule has 1 rings (SSSR count). The molecular formula is C16H20FNO3. The molecule has 1 amide bonds. The Balaban J connectivity index is 2.73. The van der Waals surface area contributed by atoms with Crippen molar-refractivity contribution >= 4 is 11.6 Å². The number of ether oxygens (including phenoxy) is 1. The van der Waals surface area contributed by atoms with E-state index in [1.54, 1.807) is 19.9 Å². The zero-order valence-corrected chi connectivity index (χ0v) is 12.5. The van der Waals surface area contributed by atoms with Gasteiger partial charge in [-0.05, 0) is 32.0 Å². The number of aliphatic hydroxyl groups excluding tert-OH is 1. The number of carbonyl (C=O) groups excluding carboxylic acids is 1. The Morgan fingerprint density at radius 3 is 2.76 bits per heavy atom. The second kappa shape index (κ2) is 7.77. The van der Waals surface area contributed by atoms with Gasteiger partial charge in [0.15, 0.2) is 0 Å². The topological polar surface area (TPSA) is 58.6 Å². The van der Waals surface area contributed by atoms with Gasteiger partial charge in [0.25, 0.3) is 0 Å². The van der Waals surface area contributed by atoms with Crippen molar-refractivity contribution < 1.29 is 19.0 Å². The molecule has 0 aliphatic heterocycles. The van der Waals surface area contributed by atoms with Crippen LogP contribution >= 0.6 is 0 Å². The van der Waals surface area contributed by atoms with Crippen LogP contribution in [0.1, 0.15) is 32.3 Å². The first-order chi connectivity index (χ1) is 9.88. The molecular weight excluding hydrogens is 273 g/mol. The van der Waals surface area contributed by atoms with Crippen LogP contribution in [0, 0.1) is 17.7 Å². The third-order valence-electron chi connectivity index (χ3n) is 2.85. The summed E-state index contributed by atoms with van der Waals surface area (Å²) in [6.07, 6.45) is 0.465. The number of rotatable bonds is 5. The molecule has 0 aliphatic rings. The Morgan fingerprint density at radius 2 is 2.19 bits per heavy atom. The van der Waals surface area contributed by atoms with E-state index in [9.17, 15) is 9.18 Å². The average molecular weight is 293 g/mol. The third kappa shape index (κ3) is 5.94. The van der Waals surface area contributed by atoms with Gasteiger partial charge in [-0.3, -0.25) is 4.79 Å². The van der Waals surface area contributed by atoms with Crippen molar-refractivity contribution in [3.63, 3.8) is 0 Å². The maximum Gasteiger partial charge on any atom is 0.227 e. The number of amides is 1. The van der Waals surface area contributed by atoms with E-state index < -0.39 is 11.4 Å². The standard InChI is InChI=1S/C16H20FNO3/c1-16(2,21-3)11-15(20)18-14-8-7-12(10-13(14)17)6-4-5-9-19/h7-8,10,19H,5,9,11H2,1-3H3,(H,18,20). The molecule has 0 spiro atoms. The molecule has 4 nitrogen and oxygen atoms in total. The molecule has 1 aromatic carbocycles. The second-order valence-corrected chi connectivity index (χ2v) is 5.16. The second-order valence-electron chi connectivity index (χ2n) is 5.16. The van der Waals surface area contributed by atoms with Crippen LogP contribution in [-0.2, 0) is 9.53 Å². The van der Waals surface area contributed by atoms with E-state index in [4.69, 9.17) is 9.84 Å². The van der Waals surface area contributed by atoms with Gasteiger partial charge in [-0.15, -0.1) is 0 Å². The van der Waals surface area contributed by atoms with Crippen molar-refractivity contribution in [2.45, 2.75) is 32.3 Å². The largest absolute Gasteiger partial charge is 0.395 e. The van der Waals surface area contributed by atoms with Crippen LogP contribution in [0.4, 0.5) is 10.1 Å². The van der Waals surface area contributed by atoms with Gasteiger partial charge in [0.1, 0.15) is 5.82 Å². The van der Waals surface area contributed by atoms with Crippen molar-refractivity contribution in [2.75, 3.05) is 19.0 Å². The lowest BCUT2D eigenvalue weighted by Gasteiger charge is -2.22. The number of anilines is 1. The highest BCUT2D eigenvalue weighted by Gasteiger charge is 2.21. The van der Waals surface area contributed by atoms with Crippen molar-refractivity contribution in [1.29, 1.82) is 0 Å². The Labute approximate surface area is 124 Å². The number of aliphatic hydroxyl groups is 1. The summed E-state index contributed by atoms with van der Waals surface area (Å²) in [5, 5.41) is 11.1. The maximum absolute atomic E-state index is 13.9. The number of halogens is 1. The summed E-state index contributed by atoms with van der Waals surface area (Å²) in [6, 6.07) is 4.34. The lowest BCUT2D eigenvalue weighted by molar-refractivity contribution is -0.121. The highest BCUT2D eigenvalue weighted by molar-refractivity contribution is 5.91. The van der Waals surface area contributed by atoms with Crippen molar-refractivity contribution in [2.24, 2.45) is 0 Å². The molecule has 0 bridgehead atoms. The van der Waals surface area contributed by atoms with Gasteiger partial charge in [0.05, 0.1) is 24.3 Å². The van der Waals surface area contributed by atoms with Crippen LogP contribution in [0.2, 0.25) is 0 Å². The normalized spacial score (nSPS) is 10.7. The first-order valence-electron chi connectivity index (χ1n) is 6.62. The first-order valence-corrected chi connectivity index (χ1v) is 6.62. The molecule has 0 fully saturated rings. The zero-order chi connectivity index (χ0) is 15.9. The highest BCUT2D eigenvalue weighted by Crippen LogP contribution is 2.18. The van der Waals surface area contributed by atoms with E-state index in [-0.39, 0.29) is 24.6 Å². The molecule has 0 saturated heterocycles. The average Bonchev–Trinajstić information content (AvgIpc) is 2.41. The molecule has 0 heterocycles. The monoisotopic (exact) mass is 293 g/mol. The number of hydrogen-bond donors (Lipinski definition) is 2. The summed E-state index contributed by atoms with van der Waals surface area (Å²) >= 11 is 0. The summed E-state index contributed by atoms with van der Waals surface area (Å²) in [5.41, 5.74) is 0.00628. The minimum atomic E-state index is -0.601. The van der Waals surface area contributed by atoms with Crippen LogP contribution in [0.5, 0.6) is 0 Å². The highest BCUT2D eigenvalue weighted by atomic mass is 19.1. The predicted octanol–water partition coefficient (Wildman–Crippen LogP) is 2.31. The van der Waals surface area contributed by atoms with E-state index in [1.165, 1.54) is 19.2 Å². The quantitative estimate of drug-likeness (QED) is 0.819. The first kappa shape index (κ1) is 17.2. The minimum absolute atomic E-state index is 0.0289. The van der Waals surface area contributed by atoms with Gasteiger partial charge in [-0.2, -0.15) is 0 Å². The molecule has 0 aliphatic carbocycles. The van der Waals surface area contributed by atoms with E-state index >= 15 is 0 Å². The Hall–Kier alpha value is -1.90. The summed E-state index contributed by atoms with van der Waals surface area (Å²) < 4.78 is 19.0. The number of carbonyl (C=O) groups is 1. The Morgan fingerprint density at radius 1 is 1.48 bits per heavy atom. The fourth-order valence-corrected chi connectivity index (χ4v) is 1.57. The van der Waals surface area contributed by atoms with Gasteiger partial charge < -0.3 is 15.2 Å². The van der Waals surface area contributed by atoms with Gasteiger partial charge in [0.2, 0.25) is 5.91 Å². The molecule has 114 valence electrons. The van der Waals surface area contributed by atoms with Gasteiger partial charge >= 0.3 is 0 Å². The van der Waals surface area contributed by atoms with Crippen LogP contribution in [0.25, 0.3) is 0 Å². The SMILES string of the molecule is COC(C)(C)CC(=O)Nc1ccc(C#CCCO)cc1F. The smallest absolute Gasteiger partial charge is 0.227 e. The molecule has 2 N–H and O–H groups in total. The van der Waals surface area contributed by atoms with Crippen molar-refractivity contribution in [3.05, 3.63) is 29.6 Å². The molecule has 21 heavy (non-hydrogen) atoms. The molecule has 1 aromatic rings. The van der Waals surface area contributed by atoms with E-state index in [0.717, 1.165) is 0 Å². The predicted molar refractivity (Wildman–Crippen MR) is 79.3 cm³/mol. The molecule has 0 atom stereocenters. The van der Waals surface area contributed by atoms with Crippen LogP contribution in [0.3, 0.4) is 0 Å². The lowest BCUT2D eigenvalue weighted by atomic mass is 10.0. The van der Waals surface area contributed by atoms with Crippen LogP contribution in [0.15, 0.2) is 18.2 Å². The molecule has 0 radical (unpaired) electrons. The summed E-state index contributed by atoms with van der Waals surface area (Å²) in [4.78, 5) is 11.8. The van der Waals surface area contributed by atoms with Gasteiger partial charge in [-0.1, -0.05) is 11.8 Å². The Kier molecular flexibility index (Phi) is 6.35. The summed E-state index contributed by atoms with van der Waals surface area (Å²) in [7, 11) is 1.52. The fourth-order valence-electron chi connectivity index (χ4n) is 1.57. The van der Waals surface area contributed by atoms with Crippen molar-refractivity contribution in [1.82, 2.24) is 0 Å². The number of methoxy groups -OCH3 is 1. The van der Waals surface area contributed by atoms with E-state index in [2.05, 4.69) is 17.2 Å². The van der Waals surface area contributed by atoms with Crippen molar-refractivity contribution in [3.8, 4) is 11.8 Å². The lowest BCUT2D eigenvalue weighted by Crippen LogP contribution is -2.29. The minimum Gasteiger partial charge on any atom is -0.395 e.